The van der Waals surface area contributed by atoms with Crippen LogP contribution < -0.4 is 10.2 Å². The molecule has 1 N–H and O–H groups in total. The van der Waals surface area contributed by atoms with Crippen molar-refractivity contribution >= 4 is 23.4 Å². The number of rotatable bonds is 3. The van der Waals surface area contributed by atoms with Gasteiger partial charge in [0, 0.05) is 6.04 Å². The molecule has 1 aliphatic carbocycles. The Morgan fingerprint density at radius 1 is 0.786 bits per heavy atom. The summed E-state index contributed by atoms with van der Waals surface area (Å²) in [6.07, 6.45) is 7.86. The molecule has 0 unspecified atom stereocenters. The molecule has 144 valence electrons. The van der Waals surface area contributed by atoms with Crippen LogP contribution in [0.4, 0.5) is 5.69 Å². The second-order valence-electron chi connectivity index (χ2n) is 7.52. The highest BCUT2D eigenvalue weighted by molar-refractivity contribution is 6.35. The molecule has 0 radical (unpaired) electrons. The Labute approximate surface area is 164 Å². The Morgan fingerprint density at radius 3 is 1.96 bits per heavy atom. The third-order valence-electron chi connectivity index (χ3n) is 5.62. The molecule has 0 spiro atoms. The van der Waals surface area contributed by atoms with E-state index in [1.165, 1.54) is 19.3 Å². The first-order valence-electron chi connectivity index (χ1n) is 10.0. The predicted molar refractivity (Wildman–Crippen MR) is 108 cm³/mol. The van der Waals surface area contributed by atoms with Crippen LogP contribution in [-0.2, 0) is 0 Å². The lowest BCUT2D eigenvalue weighted by Crippen LogP contribution is -2.37. The molecule has 0 saturated heterocycles. The summed E-state index contributed by atoms with van der Waals surface area (Å²) in [6.45, 7) is 0. The van der Waals surface area contributed by atoms with Crippen molar-refractivity contribution in [1.82, 2.24) is 5.32 Å². The van der Waals surface area contributed by atoms with Crippen molar-refractivity contribution in [3.8, 4) is 0 Å². The highest BCUT2D eigenvalue weighted by Crippen LogP contribution is 2.31. The van der Waals surface area contributed by atoms with Gasteiger partial charge in [0.1, 0.15) is 0 Å². The number of carbonyl (C=O) groups is 3. The molecule has 2 aromatic carbocycles. The van der Waals surface area contributed by atoms with Crippen LogP contribution in [0.3, 0.4) is 0 Å². The monoisotopic (exact) mass is 376 g/mol. The zero-order chi connectivity index (χ0) is 19.5. The zero-order valence-electron chi connectivity index (χ0n) is 15.8. The number of benzene rings is 2. The molecule has 1 fully saturated rings. The maximum Gasteiger partial charge on any atom is 0.266 e. The van der Waals surface area contributed by atoms with Gasteiger partial charge < -0.3 is 5.32 Å². The first-order valence-corrected chi connectivity index (χ1v) is 10.0. The number of nitrogens with one attached hydrogen (secondary N) is 1. The summed E-state index contributed by atoms with van der Waals surface area (Å²) in [5, 5.41) is 3.13. The van der Waals surface area contributed by atoms with E-state index >= 15 is 0 Å². The normalized spacial score (nSPS) is 17.8. The first-order chi connectivity index (χ1) is 13.7. The number of imide groups is 1. The van der Waals surface area contributed by atoms with Crippen LogP contribution in [0.5, 0.6) is 0 Å². The highest BCUT2D eigenvalue weighted by atomic mass is 16.2. The van der Waals surface area contributed by atoms with Crippen molar-refractivity contribution in [3.05, 3.63) is 65.2 Å². The topological polar surface area (TPSA) is 66.5 Å². The molecule has 5 nitrogen and oxygen atoms in total. The van der Waals surface area contributed by atoms with Crippen molar-refractivity contribution in [2.75, 3.05) is 4.90 Å². The first kappa shape index (κ1) is 18.4. The summed E-state index contributed by atoms with van der Waals surface area (Å²) in [7, 11) is 0. The van der Waals surface area contributed by atoms with E-state index < -0.39 is 0 Å². The molecule has 1 saturated carbocycles. The van der Waals surface area contributed by atoms with E-state index in [0.717, 1.165) is 30.6 Å². The van der Waals surface area contributed by atoms with E-state index in [1.807, 2.05) is 0 Å². The van der Waals surface area contributed by atoms with Crippen LogP contribution in [-0.4, -0.2) is 23.8 Å². The van der Waals surface area contributed by atoms with Crippen molar-refractivity contribution in [3.63, 3.8) is 0 Å². The number of hydrogen-bond donors (Lipinski definition) is 1. The van der Waals surface area contributed by atoms with Gasteiger partial charge in [0.2, 0.25) is 0 Å². The van der Waals surface area contributed by atoms with Crippen molar-refractivity contribution in [1.29, 1.82) is 0 Å². The van der Waals surface area contributed by atoms with Crippen LogP contribution in [0.25, 0.3) is 0 Å². The SMILES string of the molecule is O=C(NC1CCCCCCC1)c1ccccc1N1C(=O)c2ccccc2C1=O. The summed E-state index contributed by atoms with van der Waals surface area (Å²) < 4.78 is 0. The van der Waals surface area contributed by atoms with E-state index in [4.69, 9.17) is 0 Å². The molecule has 3 amide bonds. The number of carbonyl (C=O) groups excluding carboxylic acids is 3. The fourth-order valence-electron chi connectivity index (χ4n) is 4.13. The molecule has 2 aliphatic rings. The van der Waals surface area contributed by atoms with Gasteiger partial charge in [0.05, 0.1) is 22.4 Å². The van der Waals surface area contributed by atoms with Crippen LogP contribution in [0.2, 0.25) is 0 Å². The average molecular weight is 376 g/mol. The van der Waals surface area contributed by atoms with E-state index in [2.05, 4.69) is 5.32 Å². The second-order valence-corrected chi connectivity index (χ2v) is 7.52. The fourth-order valence-corrected chi connectivity index (χ4v) is 4.13. The molecule has 4 rings (SSSR count). The van der Waals surface area contributed by atoms with E-state index in [0.29, 0.717) is 22.4 Å². The molecule has 5 heteroatoms. The number of anilines is 1. The minimum Gasteiger partial charge on any atom is -0.349 e. The molecule has 1 heterocycles. The summed E-state index contributed by atoms with van der Waals surface area (Å²) in [5.41, 5.74) is 1.46. The van der Waals surface area contributed by atoms with Gasteiger partial charge in [-0.15, -0.1) is 0 Å². The van der Waals surface area contributed by atoms with Crippen molar-refractivity contribution in [2.45, 2.75) is 51.0 Å². The molecule has 1 aliphatic heterocycles. The number of hydrogen-bond acceptors (Lipinski definition) is 3. The van der Waals surface area contributed by atoms with E-state index in [1.54, 1.807) is 48.5 Å². The van der Waals surface area contributed by atoms with Gasteiger partial charge >= 0.3 is 0 Å². The van der Waals surface area contributed by atoms with Crippen LogP contribution in [0.1, 0.15) is 76.0 Å². The quantitative estimate of drug-likeness (QED) is 0.811. The van der Waals surface area contributed by atoms with Crippen LogP contribution in [0.15, 0.2) is 48.5 Å². The standard InChI is InChI=1S/C23H24N2O3/c26-21(24-16-10-4-2-1-3-5-11-16)19-14-8-9-15-20(19)25-22(27)17-12-6-7-13-18(17)23(25)28/h6-9,12-16H,1-5,10-11H2,(H,24,26). The van der Waals surface area contributed by atoms with Crippen molar-refractivity contribution < 1.29 is 14.4 Å². The summed E-state index contributed by atoms with van der Waals surface area (Å²) in [4.78, 5) is 39.8. The molecule has 0 atom stereocenters. The summed E-state index contributed by atoms with van der Waals surface area (Å²) in [5.74, 6) is -0.990. The lowest BCUT2D eigenvalue weighted by Gasteiger charge is -2.23. The number of fused-ring (bicyclic) bond motifs is 1. The maximum absolute atomic E-state index is 13.0. The van der Waals surface area contributed by atoms with Crippen LogP contribution >= 0.6 is 0 Å². The predicted octanol–water partition coefficient (Wildman–Crippen LogP) is 4.33. The Kier molecular flexibility index (Phi) is 5.24. The molecule has 2 aromatic rings. The third kappa shape index (κ3) is 3.44. The third-order valence-corrected chi connectivity index (χ3v) is 5.62. The average Bonchev–Trinajstić information content (AvgIpc) is 2.94. The Hall–Kier alpha value is -2.95. The van der Waals surface area contributed by atoms with Gasteiger partial charge in [-0.2, -0.15) is 0 Å². The van der Waals surface area contributed by atoms with Crippen LogP contribution in [0, 0.1) is 0 Å². The number of nitrogens with zero attached hydrogens (tertiary/aromatic N) is 1. The summed E-state index contributed by atoms with van der Waals surface area (Å²) in [6, 6.07) is 13.7. The Morgan fingerprint density at radius 2 is 1.32 bits per heavy atom. The number of para-hydroxylation sites is 1. The molecular formula is C23H24N2O3. The number of amides is 3. The Balaban J connectivity index is 1.60. The maximum atomic E-state index is 13.0. The smallest absolute Gasteiger partial charge is 0.266 e. The second kappa shape index (κ2) is 7.97. The highest BCUT2D eigenvalue weighted by Gasteiger charge is 2.38. The van der Waals surface area contributed by atoms with Gasteiger partial charge in [0.15, 0.2) is 0 Å². The van der Waals surface area contributed by atoms with E-state index in [9.17, 15) is 14.4 Å². The van der Waals surface area contributed by atoms with Crippen molar-refractivity contribution in [2.24, 2.45) is 0 Å². The largest absolute Gasteiger partial charge is 0.349 e. The molecule has 0 aromatic heterocycles. The minimum atomic E-state index is -0.383. The fraction of sp³-hybridized carbons (Fsp3) is 0.348. The molecule has 28 heavy (non-hydrogen) atoms. The van der Waals surface area contributed by atoms with Gasteiger partial charge in [-0.1, -0.05) is 56.4 Å². The zero-order valence-corrected chi connectivity index (χ0v) is 15.8. The van der Waals surface area contributed by atoms with Gasteiger partial charge in [-0.05, 0) is 37.1 Å². The lowest BCUT2D eigenvalue weighted by molar-refractivity contribution is 0.0925. The molecule has 0 bridgehead atoms. The minimum absolute atomic E-state index is 0.142. The van der Waals surface area contributed by atoms with E-state index in [-0.39, 0.29) is 23.8 Å². The van der Waals surface area contributed by atoms with Gasteiger partial charge in [-0.25, -0.2) is 4.90 Å². The summed E-state index contributed by atoms with van der Waals surface area (Å²) >= 11 is 0. The lowest BCUT2D eigenvalue weighted by atomic mass is 9.96. The molecular weight excluding hydrogens is 352 g/mol. The Bertz CT molecular complexity index is 879. The van der Waals surface area contributed by atoms with Gasteiger partial charge in [-0.3, -0.25) is 14.4 Å². The van der Waals surface area contributed by atoms with Gasteiger partial charge in [0.25, 0.3) is 17.7 Å².